The number of amides is 1. The zero-order chi connectivity index (χ0) is 25.1. The zero-order valence-electron chi connectivity index (χ0n) is 19.1. The number of nitrogens with one attached hydrogen (secondary N) is 1. The summed E-state index contributed by atoms with van der Waals surface area (Å²) in [7, 11) is 0. The number of aromatic nitrogens is 2. The van der Waals surface area contributed by atoms with Crippen molar-refractivity contribution in [2.75, 3.05) is 5.75 Å². The molecule has 4 aromatic rings. The molecule has 1 aliphatic rings. The minimum atomic E-state index is -1.01. The molecule has 2 N–H and O–H groups in total. The number of benzene rings is 2. The van der Waals surface area contributed by atoms with Crippen LogP contribution in [0.1, 0.15) is 39.2 Å². The standard InChI is InChI=1S/C26H22N4O4S2/c31-21(29-27-14-16-10-12-17(13-11-16)25(33)34)15-35-26-28-23-22(19-8-4-5-9-20(19)36-23)24(32)30(26)18-6-2-1-3-7-18/h1-3,6-7,10-14H,4-5,8-9,15H2,(H,29,31)(H,33,34). The van der Waals surface area contributed by atoms with E-state index < -0.39 is 5.97 Å². The Morgan fingerprint density at radius 2 is 1.86 bits per heavy atom. The molecule has 2 aromatic carbocycles. The first-order valence-electron chi connectivity index (χ1n) is 11.4. The van der Waals surface area contributed by atoms with Crippen molar-refractivity contribution >= 4 is 51.4 Å². The summed E-state index contributed by atoms with van der Waals surface area (Å²) in [4.78, 5) is 43.9. The van der Waals surface area contributed by atoms with Gasteiger partial charge in [0.2, 0.25) is 0 Å². The van der Waals surface area contributed by atoms with E-state index in [0.29, 0.717) is 21.8 Å². The number of thioether (sulfide) groups is 1. The first kappa shape index (κ1) is 24.0. The van der Waals surface area contributed by atoms with E-state index in [4.69, 9.17) is 10.1 Å². The molecule has 1 aliphatic carbocycles. The molecule has 8 nitrogen and oxygen atoms in total. The Labute approximate surface area is 214 Å². The van der Waals surface area contributed by atoms with Crippen molar-refractivity contribution in [3.8, 4) is 5.69 Å². The molecule has 0 bridgehead atoms. The Bertz CT molecular complexity index is 1530. The topological polar surface area (TPSA) is 114 Å². The summed E-state index contributed by atoms with van der Waals surface area (Å²) < 4.78 is 1.59. The van der Waals surface area contributed by atoms with E-state index in [9.17, 15) is 14.4 Å². The van der Waals surface area contributed by atoms with E-state index in [1.807, 2.05) is 30.3 Å². The van der Waals surface area contributed by atoms with Gasteiger partial charge in [-0.15, -0.1) is 11.3 Å². The largest absolute Gasteiger partial charge is 0.478 e. The van der Waals surface area contributed by atoms with Gasteiger partial charge in [-0.3, -0.25) is 14.2 Å². The molecule has 0 saturated carbocycles. The number of nitrogens with zero attached hydrogens (tertiary/aromatic N) is 3. The van der Waals surface area contributed by atoms with Gasteiger partial charge in [-0.1, -0.05) is 42.1 Å². The van der Waals surface area contributed by atoms with Crippen molar-refractivity contribution in [1.29, 1.82) is 0 Å². The average Bonchev–Trinajstić information content (AvgIpc) is 3.27. The minimum Gasteiger partial charge on any atom is -0.478 e. The normalized spacial score (nSPS) is 13.1. The molecule has 2 aromatic heterocycles. The number of aryl methyl sites for hydroxylation is 2. The van der Waals surface area contributed by atoms with Gasteiger partial charge in [0.05, 0.1) is 28.6 Å². The molecule has 5 rings (SSSR count). The van der Waals surface area contributed by atoms with Crippen molar-refractivity contribution in [3.63, 3.8) is 0 Å². The molecule has 0 saturated heterocycles. The maximum Gasteiger partial charge on any atom is 0.335 e. The van der Waals surface area contributed by atoms with E-state index in [0.717, 1.165) is 36.1 Å². The van der Waals surface area contributed by atoms with Gasteiger partial charge in [-0.2, -0.15) is 5.10 Å². The average molecular weight is 519 g/mol. The van der Waals surface area contributed by atoms with Crippen molar-refractivity contribution < 1.29 is 14.7 Å². The molecule has 0 unspecified atom stereocenters. The Hall–Kier alpha value is -3.76. The van der Waals surface area contributed by atoms with Crippen LogP contribution in [0.15, 0.2) is 69.6 Å². The molecule has 0 aliphatic heterocycles. The molecule has 1 amide bonds. The molecular formula is C26H22N4O4S2. The number of carbonyl (C=O) groups is 2. The fourth-order valence-electron chi connectivity index (χ4n) is 4.14. The summed E-state index contributed by atoms with van der Waals surface area (Å²) in [5.41, 5.74) is 5.03. The summed E-state index contributed by atoms with van der Waals surface area (Å²) in [6.07, 6.45) is 5.51. The van der Waals surface area contributed by atoms with Gasteiger partial charge < -0.3 is 5.11 Å². The fraction of sp³-hybridized carbons (Fsp3) is 0.192. The van der Waals surface area contributed by atoms with Gasteiger partial charge in [0.1, 0.15) is 4.83 Å². The van der Waals surface area contributed by atoms with Gasteiger partial charge in [0, 0.05) is 4.88 Å². The minimum absolute atomic E-state index is 0.0190. The van der Waals surface area contributed by atoms with Crippen LogP contribution in [0.5, 0.6) is 0 Å². The summed E-state index contributed by atoms with van der Waals surface area (Å²) in [5.74, 6) is -1.34. The summed E-state index contributed by atoms with van der Waals surface area (Å²) in [6.45, 7) is 0. The maximum absolute atomic E-state index is 13.7. The number of carboxylic acids is 1. The number of carboxylic acid groups (broad SMARTS) is 1. The lowest BCUT2D eigenvalue weighted by Crippen LogP contribution is -2.24. The Kier molecular flexibility index (Phi) is 6.97. The summed E-state index contributed by atoms with van der Waals surface area (Å²) in [5, 5.41) is 14.1. The number of para-hydroxylation sites is 1. The quantitative estimate of drug-likeness (QED) is 0.164. The number of hydrogen-bond acceptors (Lipinski definition) is 7. The van der Waals surface area contributed by atoms with Crippen molar-refractivity contribution in [2.45, 2.75) is 30.8 Å². The fourth-order valence-corrected chi connectivity index (χ4v) is 6.25. The van der Waals surface area contributed by atoms with Crippen molar-refractivity contribution in [1.82, 2.24) is 15.0 Å². The van der Waals surface area contributed by atoms with Gasteiger partial charge >= 0.3 is 5.97 Å². The summed E-state index contributed by atoms with van der Waals surface area (Å²) in [6, 6.07) is 15.5. The van der Waals surface area contributed by atoms with E-state index >= 15 is 0 Å². The van der Waals surface area contributed by atoms with E-state index in [-0.39, 0.29) is 22.8 Å². The molecule has 0 spiro atoms. The Balaban J connectivity index is 1.37. The third-order valence-corrected chi connectivity index (χ3v) is 7.99. The molecule has 36 heavy (non-hydrogen) atoms. The van der Waals surface area contributed by atoms with Crippen LogP contribution >= 0.6 is 23.1 Å². The van der Waals surface area contributed by atoms with Crippen LogP contribution in [-0.2, 0) is 17.6 Å². The number of aromatic carboxylic acids is 1. The molecule has 2 heterocycles. The van der Waals surface area contributed by atoms with Gasteiger partial charge in [-0.25, -0.2) is 15.2 Å². The second-order valence-corrected chi connectivity index (χ2v) is 10.3. The number of rotatable bonds is 7. The first-order chi connectivity index (χ1) is 17.5. The van der Waals surface area contributed by atoms with Gasteiger partial charge in [-0.05, 0) is 61.1 Å². The molecule has 0 radical (unpaired) electrons. The third-order valence-electron chi connectivity index (χ3n) is 5.87. The molecule has 10 heteroatoms. The first-order valence-corrected chi connectivity index (χ1v) is 13.2. The monoisotopic (exact) mass is 518 g/mol. The number of thiophene rings is 1. The van der Waals surface area contributed by atoms with Crippen LogP contribution in [0.4, 0.5) is 0 Å². The second-order valence-electron chi connectivity index (χ2n) is 8.27. The number of hydrogen-bond donors (Lipinski definition) is 2. The molecule has 182 valence electrons. The van der Waals surface area contributed by atoms with Crippen molar-refractivity contribution in [2.24, 2.45) is 5.10 Å². The highest BCUT2D eigenvalue weighted by atomic mass is 32.2. The lowest BCUT2D eigenvalue weighted by Gasteiger charge is -2.13. The van der Waals surface area contributed by atoms with Crippen LogP contribution < -0.4 is 11.0 Å². The van der Waals surface area contributed by atoms with E-state index in [1.165, 1.54) is 35.0 Å². The van der Waals surface area contributed by atoms with Gasteiger partial charge in [0.15, 0.2) is 5.16 Å². The van der Waals surface area contributed by atoms with Crippen LogP contribution in [0.2, 0.25) is 0 Å². The Morgan fingerprint density at radius 3 is 2.61 bits per heavy atom. The highest BCUT2D eigenvalue weighted by Gasteiger charge is 2.23. The third kappa shape index (κ3) is 4.95. The lowest BCUT2D eigenvalue weighted by molar-refractivity contribution is -0.118. The molecule has 0 atom stereocenters. The predicted molar refractivity (Wildman–Crippen MR) is 142 cm³/mol. The number of fused-ring (bicyclic) bond motifs is 3. The number of hydrazone groups is 1. The van der Waals surface area contributed by atoms with Crippen molar-refractivity contribution in [3.05, 3.63) is 86.5 Å². The molecule has 0 fully saturated rings. The van der Waals surface area contributed by atoms with Crippen LogP contribution in [0.25, 0.3) is 15.9 Å². The molecular weight excluding hydrogens is 496 g/mol. The lowest BCUT2D eigenvalue weighted by atomic mass is 9.97. The predicted octanol–water partition coefficient (Wildman–Crippen LogP) is 4.27. The second kappa shape index (κ2) is 10.5. The maximum atomic E-state index is 13.7. The smallest absolute Gasteiger partial charge is 0.335 e. The van der Waals surface area contributed by atoms with E-state index in [2.05, 4.69) is 10.5 Å². The Morgan fingerprint density at radius 1 is 1.11 bits per heavy atom. The van der Waals surface area contributed by atoms with Crippen LogP contribution in [0.3, 0.4) is 0 Å². The van der Waals surface area contributed by atoms with Gasteiger partial charge in [0.25, 0.3) is 11.5 Å². The highest BCUT2D eigenvalue weighted by molar-refractivity contribution is 7.99. The SMILES string of the molecule is O=C(CSc1nc2sc3c(c2c(=O)n1-c1ccccc1)CCCC3)NN=Cc1ccc(C(=O)O)cc1. The zero-order valence-corrected chi connectivity index (χ0v) is 20.8. The summed E-state index contributed by atoms with van der Waals surface area (Å²) >= 11 is 2.77. The highest BCUT2D eigenvalue weighted by Crippen LogP contribution is 2.35. The number of carbonyl (C=O) groups excluding carboxylic acids is 1. The van der Waals surface area contributed by atoms with Crippen LogP contribution in [-0.4, -0.2) is 38.5 Å². The van der Waals surface area contributed by atoms with Crippen LogP contribution in [0, 0.1) is 0 Å². The van der Waals surface area contributed by atoms with E-state index in [1.54, 1.807) is 28.0 Å².